The molecule has 0 bridgehead atoms. The Hall–Kier alpha value is -1.85. The first-order valence-corrected chi connectivity index (χ1v) is 6.05. The normalized spacial score (nSPS) is 22.9. The van der Waals surface area contributed by atoms with Crippen molar-refractivity contribution in [2.24, 2.45) is 5.92 Å². The van der Waals surface area contributed by atoms with Gasteiger partial charge in [-0.3, -0.25) is 5.32 Å². The topological polar surface area (TPSA) is 67.3 Å². The van der Waals surface area contributed by atoms with Crippen molar-refractivity contribution < 1.29 is 9.53 Å². The second-order valence-corrected chi connectivity index (χ2v) is 4.58. The Balaban J connectivity index is 2.02. The van der Waals surface area contributed by atoms with E-state index < -0.39 is 0 Å². The maximum absolute atomic E-state index is 12.1. The van der Waals surface area contributed by atoms with E-state index in [0.29, 0.717) is 17.6 Å². The predicted molar refractivity (Wildman–Crippen MR) is 67.6 cm³/mol. The third-order valence-corrected chi connectivity index (χ3v) is 3.49. The molecule has 2 heterocycles. The third-order valence-electron chi connectivity index (χ3n) is 3.49. The van der Waals surface area contributed by atoms with Gasteiger partial charge in [0.15, 0.2) is 0 Å². The van der Waals surface area contributed by atoms with Crippen LogP contribution in [0.2, 0.25) is 0 Å². The van der Waals surface area contributed by atoms with Gasteiger partial charge in [0.25, 0.3) is 0 Å². The fraction of sp³-hybridized carbons (Fsp3) is 0.583. The van der Waals surface area contributed by atoms with E-state index in [1.54, 1.807) is 6.07 Å². The summed E-state index contributed by atoms with van der Waals surface area (Å²) in [6, 6.07) is 1.74. The van der Waals surface area contributed by atoms with Gasteiger partial charge in [0.05, 0.1) is 7.11 Å². The van der Waals surface area contributed by atoms with Gasteiger partial charge >= 0.3 is 6.03 Å². The summed E-state index contributed by atoms with van der Waals surface area (Å²) in [5.74, 6) is 1.43. The largest absolute Gasteiger partial charge is 0.481 e. The van der Waals surface area contributed by atoms with E-state index in [2.05, 4.69) is 29.1 Å². The molecule has 1 aliphatic heterocycles. The maximum atomic E-state index is 12.1. The van der Waals surface area contributed by atoms with Crippen LogP contribution in [-0.4, -0.2) is 40.6 Å². The van der Waals surface area contributed by atoms with Gasteiger partial charge in [-0.2, -0.15) is 0 Å². The molecule has 6 nitrogen and oxygen atoms in total. The van der Waals surface area contributed by atoms with Crippen molar-refractivity contribution in [3.05, 3.63) is 12.4 Å². The van der Waals surface area contributed by atoms with E-state index in [1.807, 2.05) is 4.90 Å². The lowest BCUT2D eigenvalue weighted by molar-refractivity contribution is 0.205. The molecule has 0 spiro atoms. The minimum absolute atomic E-state index is 0.118. The molecule has 18 heavy (non-hydrogen) atoms. The Bertz CT molecular complexity index is 438. The molecule has 1 saturated heterocycles. The van der Waals surface area contributed by atoms with Crippen LogP contribution in [0.5, 0.6) is 5.88 Å². The van der Waals surface area contributed by atoms with Crippen LogP contribution in [0.25, 0.3) is 0 Å². The molecular formula is C12H18N4O2. The van der Waals surface area contributed by atoms with Crippen LogP contribution in [0, 0.1) is 5.92 Å². The van der Waals surface area contributed by atoms with E-state index in [9.17, 15) is 4.79 Å². The summed E-state index contributed by atoms with van der Waals surface area (Å²) in [6.07, 6.45) is 2.41. The SMILES string of the molecule is COc1cc(NC(=O)N2CC[C@@H](C)[C@@H]2C)ncn1. The van der Waals surface area contributed by atoms with Crippen molar-refractivity contribution in [2.45, 2.75) is 26.3 Å². The van der Waals surface area contributed by atoms with Crippen molar-refractivity contribution in [1.29, 1.82) is 0 Å². The summed E-state index contributed by atoms with van der Waals surface area (Å²) in [4.78, 5) is 21.8. The third kappa shape index (κ3) is 2.52. The molecule has 98 valence electrons. The second kappa shape index (κ2) is 5.20. The van der Waals surface area contributed by atoms with E-state index in [1.165, 1.54) is 13.4 Å². The van der Waals surface area contributed by atoms with E-state index >= 15 is 0 Å². The highest BCUT2D eigenvalue weighted by Crippen LogP contribution is 2.24. The molecule has 0 saturated carbocycles. The molecule has 1 aromatic heterocycles. The number of amides is 2. The Kier molecular flexibility index (Phi) is 3.64. The molecule has 1 aliphatic rings. The first-order chi connectivity index (χ1) is 8.61. The van der Waals surface area contributed by atoms with Crippen LogP contribution < -0.4 is 10.1 Å². The molecule has 0 unspecified atom stereocenters. The summed E-state index contributed by atoms with van der Waals surface area (Å²) < 4.78 is 4.98. The minimum Gasteiger partial charge on any atom is -0.481 e. The minimum atomic E-state index is -0.118. The number of hydrogen-bond donors (Lipinski definition) is 1. The lowest BCUT2D eigenvalue weighted by Gasteiger charge is -2.23. The van der Waals surface area contributed by atoms with Crippen LogP contribution in [0.1, 0.15) is 20.3 Å². The van der Waals surface area contributed by atoms with Crippen LogP contribution in [0.3, 0.4) is 0 Å². The van der Waals surface area contributed by atoms with Gasteiger partial charge in [0.2, 0.25) is 5.88 Å². The molecule has 2 rings (SSSR count). The standard InChI is InChI=1S/C12H18N4O2/c1-8-4-5-16(9(8)2)12(17)15-10-6-11(18-3)14-7-13-10/h6-9H,4-5H2,1-3H3,(H,13,14,15,17)/t8-,9+/m1/s1. The van der Waals surface area contributed by atoms with Gasteiger partial charge in [-0.1, -0.05) is 6.92 Å². The number of aromatic nitrogens is 2. The number of likely N-dealkylation sites (tertiary alicyclic amines) is 1. The van der Waals surface area contributed by atoms with Gasteiger partial charge < -0.3 is 9.64 Å². The number of urea groups is 1. The molecule has 2 amide bonds. The average Bonchev–Trinajstić information content (AvgIpc) is 2.70. The number of rotatable bonds is 2. The summed E-state index contributed by atoms with van der Waals surface area (Å²) in [7, 11) is 1.53. The quantitative estimate of drug-likeness (QED) is 0.868. The zero-order valence-corrected chi connectivity index (χ0v) is 10.9. The van der Waals surface area contributed by atoms with Crippen molar-refractivity contribution >= 4 is 11.8 Å². The summed E-state index contributed by atoms with van der Waals surface area (Å²) in [5.41, 5.74) is 0. The number of nitrogens with zero attached hydrogens (tertiary/aromatic N) is 3. The van der Waals surface area contributed by atoms with Gasteiger partial charge in [0, 0.05) is 18.7 Å². The van der Waals surface area contributed by atoms with Crippen molar-refractivity contribution in [2.75, 3.05) is 19.0 Å². The zero-order valence-electron chi connectivity index (χ0n) is 10.9. The van der Waals surface area contributed by atoms with Crippen molar-refractivity contribution in [3.8, 4) is 5.88 Å². The molecule has 2 atom stereocenters. The summed E-state index contributed by atoms with van der Waals surface area (Å²) >= 11 is 0. The van der Waals surface area contributed by atoms with E-state index in [4.69, 9.17) is 4.74 Å². The van der Waals surface area contributed by atoms with Gasteiger partial charge in [-0.05, 0) is 19.3 Å². The molecule has 0 aliphatic carbocycles. The number of carbonyl (C=O) groups is 1. The monoisotopic (exact) mass is 250 g/mol. The maximum Gasteiger partial charge on any atom is 0.323 e. The lowest BCUT2D eigenvalue weighted by atomic mass is 10.1. The predicted octanol–water partition coefficient (Wildman–Crippen LogP) is 1.75. The van der Waals surface area contributed by atoms with E-state index in [0.717, 1.165) is 13.0 Å². The number of hydrogen-bond acceptors (Lipinski definition) is 4. The molecule has 0 radical (unpaired) electrons. The first kappa shape index (κ1) is 12.6. The Morgan fingerprint density at radius 3 is 2.89 bits per heavy atom. The fourth-order valence-electron chi connectivity index (χ4n) is 2.08. The number of ether oxygens (including phenoxy) is 1. The highest BCUT2D eigenvalue weighted by Gasteiger charge is 2.31. The van der Waals surface area contributed by atoms with Crippen LogP contribution in [0.4, 0.5) is 10.6 Å². The average molecular weight is 250 g/mol. The van der Waals surface area contributed by atoms with Crippen molar-refractivity contribution in [3.63, 3.8) is 0 Å². The van der Waals surface area contributed by atoms with Gasteiger partial charge in [0.1, 0.15) is 12.1 Å². The molecule has 1 aromatic rings. The van der Waals surface area contributed by atoms with Crippen LogP contribution in [-0.2, 0) is 0 Å². The Labute approximate surface area is 106 Å². The molecular weight excluding hydrogens is 232 g/mol. The lowest BCUT2D eigenvalue weighted by Crippen LogP contribution is -2.38. The molecule has 0 aromatic carbocycles. The molecule has 6 heteroatoms. The van der Waals surface area contributed by atoms with Crippen LogP contribution in [0.15, 0.2) is 12.4 Å². The van der Waals surface area contributed by atoms with Gasteiger partial charge in [-0.25, -0.2) is 14.8 Å². The Morgan fingerprint density at radius 1 is 1.50 bits per heavy atom. The second-order valence-electron chi connectivity index (χ2n) is 4.58. The highest BCUT2D eigenvalue weighted by atomic mass is 16.5. The Morgan fingerprint density at radius 2 is 2.28 bits per heavy atom. The fourth-order valence-corrected chi connectivity index (χ4v) is 2.08. The summed E-state index contributed by atoms with van der Waals surface area (Å²) in [6.45, 7) is 5.01. The first-order valence-electron chi connectivity index (χ1n) is 6.05. The highest BCUT2D eigenvalue weighted by molar-refractivity contribution is 5.88. The summed E-state index contributed by atoms with van der Waals surface area (Å²) in [5, 5.41) is 2.77. The number of nitrogens with one attached hydrogen (secondary N) is 1. The number of methoxy groups -OCH3 is 1. The molecule has 1 N–H and O–H groups in total. The number of anilines is 1. The van der Waals surface area contributed by atoms with E-state index in [-0.39, 0.29) is 12.1 Å². The smallest absolute Gasteiger partial charge is 0.323 e. The molecule has 1 fully saturated rings. The van der Waals surface area contributed by atoms with Gasteiger partial charge in [-0.15, -0.1) is 0 Å². The zero-order chi connectivity index (χ0) is 13.1. The number of carbonyl (C=O) groups excluding carboxylic acids is 1. The van der Waals surface area contributed by atoms with Crippen LogP contribution >= 0.6 is 0 Å². The van der Waals surface area contributed by atoms with Crippen molar-refractivity contribution in [1.82, 2.24) is 14.9 Å².